The summed E-state index contributed by atoms with van der Waals surface area (Å²) in [6.45, 7) is 0.0392. The smallest absolute Gasteiger partial charge is 0.294 e. The Balaban J connectivity index is 1.86. The fraction of sp³-hybridized carbons (Fsp3) is 0.105. The first kappa shape index (κ1) is 16.6. The molecule has 130 valence electrons. The van der Waals surface area contributed by atoms with Crippen LogP contribution in [0.3, 0.4) is 0 Å². The second-order valence-electron chi connectivity index (χ2n) is 5.77. The van der Waals surface area contributed by atoms with E-state index in [1.165, 1.54) is 11.8 Å². The maximum Gasteiger partial charge on any atom is 0.294 e. The number of ketones is 2. The van der Waals surface area contributed by atoms with E-state index in [0.29, 0.717) is 33.9 Å². The van der Waals surface area contributed by atoms with E-state index in [9.17, 15) is 19.5 Å². The zero-order valence-corrected chi connectivity index (χ0v) is 14.3. The summed E-state index contributed by atoms with van der Waals surface area (Å²) in [5.74, 6) is -0.668. The molecule has 0 saturated carbocycles. The van der Waals surface area contributed by atoms with Gasteiger partial charge in [-0.1, -0.05) is 42.1 Å². The van der Waals surface area contributed by atoms with E-state index in [-0.39, 0.29) is 30.5 Å². The highest BCUT2D eigenvalue weighted by Crippen LogP contribution is 2.49. The molecule has 7 heteroatoms. The van der Waals surface area contributed by atoms with E-state index in [4.69, 9.17) is 4.74 Å². The summed E-state index contributed by atoms with van der Waals surface area (Å²) in [6.07, 6.45) is 0. The van der Waals surface area contributed by atoms with Crippen molar-refractivity contribution in [1.82, 2.24) is 0 Å². The number of ether oxygens (including phenoxy) is 1. The van der Waals surface area contributed by atoms with E-state index in [0.717, 1.165) is 4.90 Å². The van der Waals surface area contributed by atoms with Crippen molar-refractivity contribution in [2.45, 2.75) is 11.5 Å². The minimum absolute atomic E-state index is 0.0763. The van der Waals surface area contributed by atoms with Crippen LogP contribution in [-0.2, 0) is 16.1 Å². The Morgan fingerprint density at radius 1 is 1.08 bits per heavy atom. The summed E-state index contributed by atoms with van der Waals surface area (Å²) in [5, 5.41) is 9.81. The van der Waals surface area contributed by atoms with Crippen LogP contribution in [-0.4, -0.2) is 29.9 Å². The maximum absolute atomic E-state index is 12.8. The number of hydrogen-bond donors (Lipinski definition) is 1. The molecular formula is C19H13NO5S. The molecule has 0 atom stereocenters. The number of rotatable bonds is 4. The van der Waals surface area contributed by atoms with Gasteiger partial charge in [-0.05, 0) is 17.7 Å². The fourth-order valence-corrected chi connectivity index (χ4v) is 4.26. The molecule has 2 aliphatic rings. The number of anilines is 1. The number of nitrogens with zero attached hydrogens (tertiary/aromatic N) is 1. The van der Waals surface area contributed by atoms with Crippen LogP contribution in [0.15, 0.2) is 58.0 Å². The van der Waals surface area contributed by atoms with Crippen LogP contribution in [0.25, 0.3) is 0 Å². The van der Waals surface area contributed by atoms with Gasteiger partial charge in [0.2, 0.25) is 0 Å². The van der Waals surface area contributed by atoms with Gasteiger partial charge >= 0.3 is 0 Å². The second kappa shape index (κ2) is 6.44. The predicted octanol–water partition coefficient (Wildman–Crippen LogP) is 2.51. The third-order valence-corrected chi connectivity index (χ3v) is 5.49. The van der Waals surface area contributed by atoms with Gasteiger partial charge in [0.1, 0.15) is 5.57 Å². The number of carbonyl (C=O) groups excluding carboxylic acids is 3. The number of fused-ring (bicyclic) bond motifs is 2. The highest BCUT2D eigenvalue weighted by atomic mass is 32.2. The maximum atomic E-state index is 12.8. The Labute approximate surface area is 153 Å². The van der Waals surface area contributed by atoms with E-state index in [1.54, 1.807) is 41.3 Å². The molecule has 1 N–H and O–H groups in total. The van der Waals surface area contributed by atoms with Crippen LogP contribution in [0.2, 0.25) is 0 Å². The van der Waals surface area contributed by atoms with Crippen molar-refractivity contribution < 1.29 is 24.2 Å². The third kappa shape index (κ3) is 2.44. The summed E-state index contributed by atoms with van der Waals surface area (Å²) in [6, 6.07) is 12.0. The van der Waals surface area contributed by atoms with Gasteiger partial charge in [-0.15, -0.1) is 0 Å². The van der Waals surface area contributed by atoms with Crippen molar-refractivity contribution in [3.63, 3.8) is 0 Å². The van der Waals surface area contributed by atoms with Crippen molar-refractivity contribution in [2.75, 3.05) is 11.6 Å². The molecule has 4 rings (SSSR count). The van der Waals surface area contributed by atoms with Gasteiger partial charge in [0.25, 0.3) is 6.47 Å². The average molecular weight is 367 g/mol. The first-order valence-electron chi connectivity index (χ1n) is 7.83. The number of hydrogen-bond acceptors (Lipinski definition) is 7. The molecule has 0 saturated heterocycles. The first-order chi connectivity index (χ1) is 12.7. The normalized spacial score (nSPS) is 15.3. The van der Waals surface area contributed by atoms with Crippen LogP contribution in [0, 0.1) is 0 Å². The zero-order chi connectivity index (χ0) is 18.3. The molecular weight excluding hydrogens is 354 g/mol. The van der Waals surface area contributed by atoms with Crippen molar-refractivity contribution in [3.05, 3.63) is 69.8 Å². The lowest BCUT2D eigenvalue weighted by atomic mass is 10.1. The third-order valence-electron chi connectivity index (χ3n) is 4.30. The number of carbonyl (C=O) groups is 3. The molecule has 0 fully saturated rings. The lowest BCUT2D eigenvalue weighted by Gasteiger charge is -2.20. The summed E-state index contributed by atoms with van der Waals surface area (Å²) in [4.78, 5) is 38.8. The van der Waals surface area contributed by atoms with Gasteiger partial charge < -0.3 is 14.7 Å². The van der Waals surface area contributed by atoms with Crippen LogP contribution in [0.4, 0.5) is 5.69 Å². The number of allylic oxidation sites excluding steroid dienone is 1. The number of benzene rings is 2. The number of aliphatic hydroxyl groups is 1. The largest absolute Gasteiger partial charge is 0.446 e. The van der Waals surface area contributed by atoms with Crippen molar-refractivity contribution in [3.8, 4) is 0 Å². The Bertz CT molecular complexity index is 945. The van der Waals surface area contributed by atoms with Crippen molar-refractivity contribution in [2.24, 2.45) is 0 Å². The molecule has 1 aliphatic heterocycles. The van der Waals surface area contributed by atoms with E-state index in [2.05, 4.69) is 0 Å². The molecule has 0 amide bonds. The van der Waals surface area contributed by atoms with Gasteiger partial charge in [-0.2, -0.15) is 0 Å². The molecule has 2 aromatic carbocycles. The van der Waals surface area contributed by atoms with E-state index in [1.807, 2.05) is 6.07 Å². The average Bonchev–Trinajstić information content (AvgIpc) is 3.14. The Kier molecular flexibility index (Phi) is 4.10. The molecule has 0 bridgehead atoms. The number of thioether (sulfide) groups is 1. The van der Waals surface area contributed by atoms with Crippen molar-refractivity contribution in [1.29, 1.82) is 0 Å². The fourth-order valence-electron chi connectivity index (χ4n) is 3.09. The Morgan fingerprint density at radius 3 is 2.38 bits per heavy atom. The van der Waals surface area contributed by atoms with Gasteiger partial charge in [0.15, 0.2) is 18.3 Å². The van der Waals surface area contributed by atoms with E-state index < -0.39 is 0 Å². The molecule has 0 unspecified atom stereocenters. The monoisotopic (exact) mass is 367 g/mol. The van der Waals surface area contributed by atoms with Crippen LogP contribution in [0.5, 0.6) is 0 Å². The number of Topliss-reactive ketones (excluding diaryl/α,β-unsaturated/α-hetero) is 2. The van der Waals surface area contributed by atoms with Crippen LogP contribution in [0.1, 0.15) is 26.3 Å². The molecule has 1 aliphatic carbocycles. The van der Waals surface area contributed by atoms with E-state index >= 15 is 0 Å². The molecule has 0 aromatic heterocycles. The van der Waals surface area contributed by atoms with Gasteiger partial charge in [-0.25, -0.2) is 0 Å². The predicted molar refractivity (Wildman–Crippen MR) is 94.8 cm³/mol. The molecule has 1 heterocycles. The van der Waals surface area contributed by atoms with Gasteiger partial charge in [0, 0.05) is 16.0 Å². The molecule has 0 spiro atoms. The standard InChI is InChI=1S/C19H13NO5S/c21-8-11-5-6-15-14(7-11)20(9-25-10-22)19(26-15)16-17(23)12-3-1-2-4-13(12)18(16)24/h1-7,10,21H,8-9H2. The Hall–Kier alpha value is -2.90. The summed E-state index contributed by atoms with van der Waals surface area (Å²) >= 11 is 1.28. The van der Waals surface area contributed by atoms with Crippen LogP contribution >= 0.6 is 11.8 Å². The molecule has 6 nitrogen and oxygen atoms in total. The van der Waals surface area contributed by atoms with Gasteiger partial charge in [0.05, 0.1) is 17.3 Å². The SMILES string of the molecule is O=COCN1C(=C2C(=O)c3ccccc3C2=O)Sc2ccc(CO)cc21. The minimum Gasteiger partial charge on any atom is -0.446 e. The summed E-state index contributed by atoms with van der Waals surface area (Å²) in [5.41, 5.74) is 2.20. The highest BCUT2D eigenvalue weighted by molar-refractivity contribution is 8.03. The lowest BCUT2D eigenvalue weighted by Crippen LogP contribution is -2.24. The van der Waals surface area contributed by atoms with Crippen LogP contribution < -0.4 is 4.90 Å². The van der Waals surface area contributed by atoms with Crippen molar-refractivity contribution >= 4 is 35.5 Å². The highest BCUT2D eigenvalue weighted by Gasteiger charge is 2.40. The topological polar surface area (TPSA) is 83.9 Å². The second-order valence-corrected chi connectivity index (χ2v) is 6.80. The Morgan fingerprint density at radius 2 is 1.77 bits per heavy atom. The molecule has 26 heavy (non-hydrogen) atoms. The quantitative estimate of drug-likeness (QED) is 0.505. The summed E-state index contributed by atoms with van der Waals surface area (Å²) in [7, 11) is 0. The molecule has 2 aromatic rings. The van der Waals surface area contributed by atoms with Gasteiger partial charge in [-0.3, -0.25) is 14.4 Å². The molecule has 0 radical (unpaired) electrons. The zero-order valence-electron chi connectivity index (χ0n) is 13.5. The first-order valence-corrected chi connectivity index (χ1v) is 8.64. The number of aliphatic hydroxyl groups excluding tert-OH is 1. The summed E-state index contributed by atoms with van der Waals surface area (Å²) < 4.78 is 4.90. The lowest BCUT2D eigenvalue weighted by molar-refractivity contribution is -0.128. The minimum atomic E-state index is -0.334.